The minimum absolute atomic E-state index is 0.130. The third kappa shape index (κ3) is 4.46. The number of anilines is 1. The van der Waals surface area contributed by atoms with E-state index in [4.69, 9.17) is 4.74 Å². The van der Waals surface area contributed by atoms with Gasteiger partial charge in [0.2, 0.25) is 5.91 Å². The van der Waals surface area contributed by atoms with Crippen LogP contribution in [-0.2, 0) is 17.1 Å². The summed E-state index contributed by atoms with van der Waals surface area (Å²) >= 11 is 1.65. The number of amides is 1. The Hall–Kier alpha value is -3.32. The molecule has 1 N–H and O–H groups in total. The SMILES string of the molecule is CSCc1nc2ccccc2n1CC(=O)Nc1ccccc1Oc1cccc(F)c1. The predicted octanol–water partition coefficient (Wildman–Crippen LogP) is 5.47. The van der Waals surface area contributed by atoms with Crippen molar-refractivity contribution in [1.82, 2.24) is 9.55 Å². The zero-order valence-electron chi connectivity index (χ0n) is 16.3. The van der Waals surface area contributed by atoms with Gasteiger partial charge in [0.05, 0.1) is 22.5 Å². The number of hydrogen-bond acceptors (Lipinski definition) is 4. The Kier molecular flexibility index (Phi) is 5.99. The van der Waals surface area contributed by atoms with Crippen molar-refractivity contribution in [2.75, 3.05) is 11.6 Å². The van der Waals surface area contributed by atoms with E-state index in [1.165, 1.54) is 12.1 Å². The number of halogens is 1. The molecule has 0 atom stereocenters. The summed E-state index contributed by atoms with van der Waals surface area (Å²) in [5.74, 6) is 1.78. The number of benzene rings is 3. The van der Waals surface area contributed by atoms with Crippen LogP contribution in [0.3, 0.4) is 0 Å². The zero-order valence-corrected chi connectivity index (χ0v) is 17.2. The predicted molar refractivity (Wildman–Crippen MR) is 118 cm³/mol. The summed E-state index contributed by atoms with van der Waals surface area (Å²) in [4.78, 5) is 17.5. The van der Waals surface area contributed by atoms with Crippen LogP contribution in [0.15, 0.2) is 72.8 Å². The summed E-state index contributed by atoms with van der Waals surface area (Å²) in [6.45, 7) is 0.130. The summed E-state index contributed by atoms with van der Waals surface area (Å²) in [5.41, 5.74) is 2.30. The van der Waals surface area contributed by atoms with E-state index in [1.54, 1.807) is 48.2 Å². The number of aromatic nitrogens is 2. The van der Waals surface area contributed by atoms with Gasteiger partial charge >= 0.3 is 0 Å². The summed E-state index contributed by atoms with van der Waals surface area (Å²) in [7, 11) is 0. The maximum atomic E-state index is 13.5. The fraction of sp³-hybridized carbons (Fsp3) is 0.130. The molecule has 1 amide bonds. The van der Waals surface area contributed by atoms with Gasteiger partial charge in [0, 0.05) is 6.07 Å². The van der Waals surface area contributed by atoms with Crippen molar-refractivity contribution in [2.24, 2.45) is 0 Å². The van der Waals surface area contributed by atoms with Crippen LogP contribution in [0.25, 0.3) is 11.0 Å². The molecule has 0 saturated carbocycles. The lowest BCUT2D eigenvalue weighted by Crippen LogP contribution is -2.20. The molecule has 0 aliphatic rings. The van der Waals surface area contributed by atoms with E-state index in [2.05, 4.69) is 10.3 Å². The molecule has 0 unspecified atom stereocenters. The third-order valence-corrected chi connectivity index (χ3v) is 5.04. The summed E-state index contributed by atoms with van der Waals surface area (Å²) < 4.78 is 21.2. The van der Waals surface area contributed by atoms with Crippen LogP contribution >= 0.6 is 11.8 Å². The number of ether oxygens (including phenoxy) is 1. The summed E-state index contributed by atoms with van der Waals surface area (Å²) in [6, 6.07) is 20.7. The van der Waals surface area contributed by atoms with Gasteiger partial charge in [0.15, 0.2) is 5.75 Å². The first-order valence-electron chi connectivity index (χ1n) is 9.39. The van der Waals surface area contributed by atoms with E-state index in [0.29, 0.717) is 22.9 Å². The summed E-state index contributed by atoms with van der Waals surface area (Å²) in [5, 5.41) is 2.90. The molecule has 152 valence electrons. The highest BCUT2D eigenvalue weighted by atomic mass is 32.2. The first-order chi connectivity index (χ1) is 14.6. The molecule has 1 aromatic heterocycles. The van der Waals surface area contributed by atoms with Crippen molar-refractivity contribution in [3.63, 3.8) is 0 Å². The molecular formula is C23H20FN3O2S. The fourth-order valence-electron chi connectivity index (χ4n) is 3.19. The quantitative estimate of drug-likeness (QED) is 0.430. The van der Waals surface area contributed by atoms with Crippen LogP contribution in [0.2, 0.25) is 0 Å². The van der Waals surface area contributed by atoms with Crippen LogP contribution in [0.4, 0.5) is 10.1 Å². The van der Waals surface area contributed by atoms with Crippen molar-refractivity contribution in [2.45, 2.75) is 12.3 Å². The molecule has 1 heterocycles. The number of carbonyl (C=O) groups excluding carboxylic acids is 1. The average molecular weight is 421 g/mol. The Bertz CT molecular complexity index is 1190. The van der Waals surface area contributed by atoms with Crippen molar-refractivity contribution in [3.05, 3.63) is 84.4 Å². The maximum Gasteiger partial charge on any atom is 0.244 e. The number of fused-ring (bicyclic) bond motifs is 1. The number of hydrogen-bond donors (Lipinski definition) is 1. The lowest BCUT2D eigenvalue weighted by Gasteiger charge is -2.13. The minimum Gasteiger partial charge on any atom is -0.455 e. The number of carbonyl (C=O) groups is 1. The molecule has 0 spiro atoms. The van der Waals surface area contributed by atoms with Crippen LogP contribution in [0, 0.1) is 5.82 Å². The number of thioether (sulfide) groups is 1. The molecule has 0 fully saturated rings. The number of imidazole rings is 1. The Morgan fingerprint density at radius 1 is 1.10 bits per heavy atom. The molecule has 0 bridgehead atoms. The smallest absolute Gasteiger partial charge is 0.244 e. The Morgan fingerprint density at radius 2 is 1.90 bits per heavy atom. The lowest BCUT2D eigenvalue weighted by molar-refractivity contribution is -0.116. The van der Waals surface area contributed by atoms with Gasteiger partial charge in [-0.3, -0.25) is 4.79 Å². The number of nitrogens with zero attached hydrogens (tertiary/aromatic N) is 2. The molecule has 0 aliphatic heterocycles. The molecule has 4 aromatic rings. The second-order valence-corrected chi connectivity index (χ2v) is 7.51. The first-order valence-corrected chi connectivity index (χ1v) is 10.8. The van der Waals surface area contributed by atoms with Gasteiger partial charge in [-0.25, -0.2) is 9.37 Å². The minimum atomic E-state index is -0.387. The fourth-order valence-corrected chi connectivity index (χ4v) is 3.67. The largest absolute Gasteiger partial charge is 0.455 e. The Labute approximate surface area is 177 Å². The zero-order chi connectivity index (χ0) is 20.9. The lowest BCUT2D eigenvalue weighted by atomic mass is 10.2. The highest BCUT2D eigenvalue weighted by molar-refractivity contribution is 7.97. The number of para-hydroxylation sites is 4. The van der Waals surface area contributed by atoms with Gasteiger partial charge in [-0.15, -0.1) is 0 Å². The molecule has 30 heavy (non-hydrogen) atoms. The van der Waals surface area contributed by atoms with Gasteiger partial charge in [-0.2, -0.15) is 11.8 Å². The molecular weight excluding hydrogens is 401 g/mol. The van der Waals surface area contributed by atoms with Crippen molar-refractivity contribution < 1.29 is 13.9 Å². The van der Waals surface area contributed by atoms with Crippen LogP contribution in [-0.4, -0.2) is 21.7 Å². The average Bonchev–Trinajstić information content (AvgIpc) is 3.07. The van der Waals surface area contributed by atoms with E-state index >= 15 is 0 Å². The molecule has 4 rings (SSSR count). The normalized spacial score (nSPS) is 10.9. The van der Waals surface area contributed by atoms with Crippen molar-refractivity contribution in [3.8, 4) is 11.5 Å². The number of nitrogens with one attached hydrogen (secondary N) is 1. The molecule has 0 radical (unpaired) electrons. The van der Waals surface area contributed by atoms with Crippen LogP contribution in [0.5, 0.6) is 11.5 Å². The van der Waals surface area contributed by atoms with Crippen LogP contribution < -0.4 is 10.1 Å². The second kappa shape index (κ2) is 9.00. The van der Waals surface area contributed by atoms with Crippen molar-refractivity contribution >= 4 is 34.4 Å². The van der Waals surface area contributed by atoms with E-state index in [9.17, 15) is 9.18 Å². The molecule has 3 aromatic carbocycles. The Morgan fingerprint density at radius 3 is 2.73 bits per heavy atom. The van der Waals surface area contributed by atoms with E-state index in [1.807, 2.05) is 35.1 Å². The molecule has 7 heteroatoms. The summed E-state index contributed by atoms with van der Waals surface area (Å²) in [6.07, 6.45) is 2.00. The first kappa shape index (κ1) is 20.0. The van der Waals surface area contributed by atoms with Gasteiger partial charge in [0.1, 0.15) is 23.9 Å². The molecule has 0 saturated heterocycles. The standard InChI is InChI=1S/C23H20FN3O2S/c1-30-15-22-25-18-9-2-4-11-20(18)27(22)14-23(28)26-19-10-3-5-12-21(19)29-17-8-6-7-16(24)13-17/h2-13H,14-15H2,1H3,(H,26,28). The maximum absolute atomic E-state index is 13.5. The van der Waals surface area contributed by atoms with Gasteiger partial charge in [-0.1, -0.05) is 30.3 Å². The second-order valence-electron chi connectivity index (χ2n) is 6.64. The molecule has 5 nitrogen and oxygen atoms in total. The number of rotatable bonds is 7. The topological polar surface area (TPSA) is 56.2 Å². The van der Waals surface area contributed by atoms with Crippen LogP contribution in [0.1, 0.15) is 5.82 Å². The highest BCUT2D eigenvalue weighted by Gasteiger charge is 2.15. The van der Waals surface area contributed by atoms with Gasteiger partial charge in [0.25, 0.3) is 0 Å². The highest BCUT2D eigenvalue weighted by Crippen LogP contribution is 2.29. The molecule has 0 aliphatic carbocycles. The van der Waals surface area contributed by atoms with Crippen molar-refractivity contribution in [1.29, 1.82) is 0 Å². The van der Waals surface area contributed by atoms with Gasteiger partial charge in [-0.05, 0) is 42.7 Å². The monoisotopic (exact) mass is 421 g/mol. The van der Waals surface area contributed by atoms with E-state index in [0.717, 1.165) is 16.9 Å². The van der Waals surface area contributed by atoms with Gasteiger partial charge < -0.3 is 14.6 Å². The van der Waals surface area contributed by atoms with E-state index in [-0.39, 0.29) is 18.3 Å². The van der Waals surface area contributed by atoms with E-state index < -0.39 is 0 Å². The third-order valence-electron chi connectivity index (χ3n) is 4.49. The Balaban J connectivity index is 1.56.